The molecule has 0 radical (unpaired) electrons. The zero-order valence-electron chi connectivity index (χ0n) is 11.7. The molecule has 0 aromatic carbocycles. The Hall–Kier alpha value is -0.610. The monoisotopic (exact) mass is 254 g/mol. The molecule has 1 saturated carbocycles. The van der Waals surface area contributed by atoms with Crippen LogP contribution in [0.25, 0.3) is 0 Å². The number of nitrogens with two attached hydrogens (primary N) is 1. The molecule has 0 amide bonds. The highest BCUT2D eigenvalue weighted by molar-refractivity contribution is 5.80. The normalized spacial score (nSPS) is 35.4. The van der Waals surface area contributed by atoms with Crippen molar-refractivity contribution in [3.05, 3.63) is 0 Å². The van der Waals surface area contributed by atoms with Gasteiger partial charge in [0, 0.05) is 13.1 Å². The van der Waals surface area contributed by atoms with E-state index in [0.29, 0.717) is 5.92 Å². The van der Waals surface area contributed by atoms with E-state index in [-0.39, 0.29) is 12.1 Å². The third kappa shape index (κ3) is 3.23. The second kappa shape index (κ2) is 5.57. The number of hydrogen-bond donors (Lipinski definition) is 1. The Bertz CT molecular complexity index is 300. The van der Waals surface area contributed by atoms with Crippen molar-refractivity contribution in [1.82, 2.24) is 4.90 Å². The van der Waals surface area contributed by atoms with Crippen LogP contribution in [0.15, 0.2) is 0 Å². The van der Waals surface area contributed by atoms with Crippen molar-refractivity contribution >= 4 is 5.97 Å². The predicted octanol–water partition coefficient (Wildman–Crippen LogP) is 1.53. The summed E-state index contributed by atoms with van der Waals surface area (Å²) in [7, 11) is 2.10. The second-order valence-electron chi connectivity index (χ2n) is 6.27. The Morgan fingerprint density at radius 1 is 1.33 bits per heavy atom. The van der Waals surface area contributed by atoms with E-state index in [1.807, 2.05) is 0 Å². The second-order valence-corrected chi connectivity index (χ2v) is 6.27. The average molecular weight is 254 g/mol. The van der Waals surface area contributed by atoms with Gasteiger partial charge in [-0.15, -0.1) is 0 Å². The fourth-order valence-corrected chi connectivity index (χ4v) is 3.15. The fraction of sp³-hybridized carbons (Fsp3) is 0.929. The van der Waals surface area contributed by atoms with E-state index in [1.54, 1.807) is 0 Å². The quantitative estimate of drug-likeness (QED) is 0.759. The highest BCUT2D eigenvalue weighted by Crippen LogP contribution is 2.32. The Labute approximate surface area is 110 Å². The first-order valence-corrected chi connectivity index (χ1v) is 7.18. The highest BCUT2D eigenvalue weighted by Gasteiger charge is 2.40. The van der Waals surface area contributed by atoms with Gasteiger partial charge in [0.15, 0.2) is 0 Å². The molecule has 2 unspecified atom stereocenters. The zero-order chi connectivity index (χ0) is 13.2. The molecule has 2 N–H and O–H groups in total. The number of ether oxygens (including phenoxy) is 1. The smallest absolute Gasteiger partial charge is 0.326 e. The van der Waals surface area contributed by atoms with Crippen LogP contribution in [0.2, 0.25) is 0 Å². The number of carbonyl (C=O) groups excluding carboxylic acids is 1. The van der Waals surface area contributed by atoms with Crippen LogP contribution in [0.4, 0.5) is 0 Å². The molecule has 0 aromatic rings. The van der Waals surface area contributed by atoms with Crippen molar-refractivity contribution in [3.8, 4) is 0 Å². The Kier molecular flexibility index (Phi) is 4.28. The number of hydrogen-bond acceptors (Lipinski definition) is 4. The molecule has 1 aliphatic heterocycles. The van der Waals surface area contributed by atoms with E-state index >= 15 is 0 Å². The summed E-state index contributed by atoms with van der Waals surface area (Å²) in [5.41, 5.74) is 5.53. The maximum Gasteiger partial charge on any atom is 0.326 e. The van der Waals surface area contributed by atoms with E-state index in [1.165, 1.54) is 6.42 Å². The summed E-state index contributed by atoms with van der Waals surface area (Å²) in [5.74, 6) is 0.373. The Morgan fingerprint density at radius 3 is 2.61 bits per heavy atom. The van der Waals surface area contributed by atoms with Crippen molar-refractivity contribution in [2.45, 2.75) is 57.1 Å². The maximum atomic E-state index is 12.3. The van der Waals surface area contributed by atoms with Gasteiger partial charge in [-0.3, -0.25) is 4.79 Å². The van der Waals surface area contributed by atoms with Gasteiger partial charge in [0.05, 0.1) is 0 Å². The van der Waals surface area contributed by atoms with E-state index in [4.69, 9.17) is 10.5 Å². The lowest BCUT2D eigenvalue weighted by Crippen LogP contribution is -2.53. The van der Waals surface area contributed by atoms with Gasteiger partial charge in [0.25, 0.3) is 0 Å². The third-order valence-corrected chi connectivity index (χ3v) is 4.38. The molecule has 1 heterocycles. The highest BCUT2D eigenvalue weighted by atomic mass is 16.5. The minimum atomic E-state index is -0.721. The van der Waals surface area contributed by atoms with Gasteiger partial charge in [-0.2, -0.15) is 0 Å². The van der Waals surface area contributed by atoms with Gasteiger partial charge in [0.1, 0.15) is 11.6 Å². The average Bonchev–Trinajstić information content (AvgIpc) is 2.32. The van der Waals surface area contributed by atoms with Crippen LogP contribution in [0.3, 0.4) is 0 Å². The predicted molar refractivity (Wildman–Crippen MR) is 71.2 cm³/mol. The van der Waals surface area contributed by atoms with Crippen LogP contribution in [0.1, 0.15) is 45.4 Å². The molecule has 2 atom stereocenters. The molecule has 1 saturated heterocycles. The lowest BCUT2D eigenvalue weighted by molar-refractivity contribution is -0.159. The molecule has 2 fully saturated rings. The van der Waals surface area contributed by atoms with E-state index in [9.17, 15) is 4.79 Å². The van der Waals surface area contributed by atoms with E-state index in [2.05, 4.69) is 18.9 Å². The molecule has 104 valence electrons. The molecule has 4 nitrogen and oxygen atoms in total. The van der Waals surface area contributed by atoms with Gasteiger partial charge in [-0.05, 0) is 38.6 Å². The number of nitrogens with zero attached hydrogens (tertiary/aromatic N) is 1. The molecule has 0 spiro atoms. The first kappa shape index (κ1) is 13.8. The summed E-state index contributed by atoms with van der Waals surface area (Å²) in [6.07, 6.45) is 5.73. The van der Waals surface area contributed by atoms with Crippen molar-refractivity contribution in [3.63, 3.8) is 0 Å². The van der Waals surface area contributed by atoms with Crippen LogP contribution in [0, 0.1) is 5.92 Å². The lowest BCUT2D eigenvalue weighted by Gasteiger charge is -2.37. The summed E-state index contributed by atoms with van der Waals surface area (Å²) in [4.78, 5) is 14.5. The molecular weight excluding hydrogens is 228 g/mol. The van der Waals surface area contributed by atoms with Gasteiger partial charge < -0.3 is 15.4 Å². The van der Waals surface area contributed by atoms with Crippen LogP contribution < -0.4 is 5.73 Å². The summed E-state index contributed by atoms with van der Waals surface area (Å²) in [6, 6.07) is 0. The van der Waals surface area contributed by atoms with Crippen molar-refractivity contribution < 1.29 is 9.53 Å². The maximum absolute atomic E-state index is 12.3. The molecule has 18 heavy (non-hydrogen) atoms. The van der Waals surface area contributed by atoms with Gasteiger partial charge in [-0.25, -0.2) is 0 Å². The zero-order valence-corrected chi connectivity index (χ0v) is 11.7. The third-order valence-electron chi connectivity index (χ3n) is 4.38. The van der Waals surface area contributed by atoms with E-state index < -0.39 is 5.54 Å². The summed E-state index contributed by atoms with van der Waals surface area (Å²) in [6.45, 7) is 4.18. The molecule has 2 aliphatic rings. The number of piperidine rings is 1. The lowest BCUT2D eigenvalue weighted by atomic mass is 9.77. The van der Waals surface area contributed by atoms with Gasteiger partial charge >= 0.3 is 5.97 Å². The summed E-state index contributed by atoms with van der Waals surface area (Å²) >= 11 is 0. The molecular formula is C14H26N2O2. The standard InChI is InChI=1S/C14H26N2O2/c1-11-4-3-7-14(15,10-11)13(17)18-12-5-8-16(2)9-6-12/h11-12H,3-10,15H2,1-2H3. The van der Waals surface area contributed by atoms with Gasteiger partial charge in [-0.1, -0.05) is 19.8 Å². The number of likely N-dealkylation sites (tertiary alicyclic amines) is 1. The van der Waals surface area contributed by atoms with Crippen LogP contribution in [-0.2, 0) is 9.53 Å². The molecule has 0 aromatic heterocycles. The largest absolute Gasteiger partial charge is 0.461 e. The van der Waals surface area contributed by atoms with Gasteiger partial charge in [0.2, 0.25) is 0 Å². The minimum absolute atomic E-state index is 0.0753. The van der Waals surface area contributed by atoms with Crippen LogP contribution in [0.5, 0.6) is 0 Å². The SMILES string of the molecule is CC1CCCC(N)(C(=O)OC2CCN(C)CC2)C1. The molecule has 0 bridgehead atoms. The number of rotatable bonds is 2. The molecule has 2 rings (SSSR count). The Balaban J connectivity index is 1.87. The van der Waals surface area contributed by atoms with E-state index in [0.717, 1.165) is 45.2 Å². The molecule has 1 aliphatic carbocycles. The van der Waals surface area contributed by atoms with Crippen molar-refractivity contribution in [1.29, 1.82) is 0 Å². The molecule has 4 heteroatoms. The fourth-order valence-electron chi connectivity index (χ4n) is 3.15. The summed E-state index contributed by atoms with van der Waals surface area (Å²) < 4.78 is 5.64. The number of esters is 1. The van der Waals surface area contributed by atoms with Crippen molar-refractivity contribution in [2.24, 2.45) is 11.7 Å². The van der Waals surface area contributed by atoms with Crippen LogP contribution >= 0.6 is 0 Å². The van der Waals surface area contributed by atoms with Crippen molar-refractivity contribution in [2.75, 3.05) is 20.1 Å². The first-order valence-electron chi connectivity index (χ1n) is 7.18. The topological polar surface area (TPSA) is 55.6 Å². The minimum Gasteiger partial charge on any atom is -0.461 e. The number of carbonyl (C=O) groups is 1. The first-order chi connectivity index (χ1) is 8.49. The van der Waals surface area contributed by atoms with Crippen LogP contribution in [-0.4, -0.2) is 42.6 Å². The Morgan fingerprint density at radius 2 is 2.00 bits per heavy atom. The summed E-state index contributed by atoms with van der Waals surface area (Å²) in [5, 5.41) is 0.